The van der Waals surface area contributed by atoms with Crippen molar-refractivity contribution < 1.29 is 38.1 Å². The van der Waals surface area contributed by atoms with E-state index in [9.17, 15) is 14.4 Å². The lowest BCUT2D eigenvalue weighted by Crippen LogP contribution is -2.20. The SMILES string of the molecule is CCOC(=O)C1OC1C.CCOC(=O)C1OC1C(=O)OCC. The summed E-state index contributed by atoms with van der Waals surface area (Å²) in [6.07, 6.45) is -1.70. The highest BCUT2D eigenvalue weighted by atomic mass is 16.7. The predicted molar refractivity (Wildman–Crippen MR) is 72.9 cm³/mol. The average molecular weight is 318 g/mol. The molecule has 2 heterocycles. The summed E-state index contributed by atoms with van der Waals surface area (Å²) < 4.78 is 23.6. The van der Waals surface area contributed by atoms with Crippen molar-refractivity contribution in [2.24, 2.45) is 0 Å². The van der Waals surface area contributed by atoms with Gasteiger partial charge in [-0.15, -0.1) is 0 Å². The van der Waals surface area contributed by atoms with E-state index in [2.05, 4.69) is 14.2 Å². The van der Waals surface area contributed by atoms with Crippen molar-refractivity contribution in [2.45, 2.75) is 52.1 Å². The zero-order valence-electron chi connectivity index (χ0n) is 13.2. The molecule has 0 aromatic heterocycles. The molecule has 8 nitrogen and oxygen atoms in total. The number of carbonyl (C=O) groups is 3. The van der Waals surface area contributed by atoms with Crippen LogP contribution in [0.25, 0.3) is 0 Å². The maximum absolute atomic E-state index is 11.0. The van der Waals surface area contributed by atoms with Gasteiger partial charge in [-0.2, -0.15) is 0 Å². The van der Waals surface area contributed by atoms with E-state index in [0.717, 1.165) is 0 Å². The molecule has 0 saturated carbocycles. The molecule has 126 valence electrons. The Morgan fingerprint density at radius 2 is 1.05 bits per heavy atom. The molecule has 0 aliphatic carbocycles. The van der Waals surface area contributed by atoms with Gasteiger partial charge in [0.05, 0.1) is 25.9 Å². The highest BCUT2D eigenvalue weighted by Crippen LogP contribution is 2.24. The molecule has 8 heteroatoms. The van der Waals surface area contributed by atoms with Crippen LogP contribution in [-0.2, 0) is 38.1 Å². The van der Waals surface area contributed by atoms with Gasteiger partial charge in [-0.05, 0) is 27.7 Å². The molecule has 2 aliphatic heterocycles. The van der Waals surface area contributed by atoms with Crippen molar-refractivity contribution in [3.63, 3.8) is 0 Å². The fraction of sp³-hybridized carbons (Fsp3) is 0.786. The molecule has 2 saturated heterocycles. The van der Waals surface area contributed by atoms with E-state index < -0.39 is 24.1 Å². The maximum atomic E-state index is 11.0. The Bertz CT molecular complexity index is 386. The largest absolute Gasteiger partial charge is 0.464 e. The first-order valence-electron chi connectivity index (χ1n) is 7.26. The van der Waals surface area contributed by atoms with Crippen LogP contribution in [0.15, 0.2) is 0 Å². The normalized spacial score (nSPS) is 27.8. The monoisotopic (exact) mass is 318 g/mol. The smallest absolute Gasteiger partial charge is 0.338 e. The first-order valence-corrected chi connectivity index (χ1v) is 7.26. The Balaban J connectivity index is 0.000000235. The molecular formula is C14H22O8. The van der Waals surface area contributed by atoms with Crippen molar-refractivity contribution in [2.75, 3.05) is 19.8 Å². The summed E-state index contributed by atoms with van der Waals surface area (Å²) in [6, 6.07) is 0. The van der Waals surface area contributed by atoms with E-state index in [0.29, 0.717) is 6.61 Å². The molecule has 0 N–H and O–H groups in total. The number of rotatable bonds is 6. The van der Waals surface area contributed by atoms with Crippen molar-refractivity contribution in [3.05, 3.63) is 0 Å². The van der Waals surface area contributed by atoms with Gasteiger partial charge in [-0.25, -0.2) is 14.4 Å². The van der Waals surface area contributed by atoms with Crippen LogP contribution < -0.4 is 0 Å². The second kappa shape index (κ2) is 8.70. The van der Waals surface area contributed by atoms with Crippen LogP contribution in [0.5, 0.6) is 0 Å². The van der Waals surface area contributed by atoms with Crippen molar-refractivity contribution >= 4 is 17.9 Å². The molecule has 2 fully saturated rings. The van der Waals surface area contributed by atoms with Gasteiger partial charge in [0.2, 0.25) is 0 Å². The summed E-state index contributed by atoms with van der Waals surface area (Å²) in [5, 5.41) is 0. The number of hydrogen-bond acceptors (Lipinski definition) is 8. The lowest BCUT2D eigenvalue weighted by atomic mass is 10.3. The molecule has 4 atom stereocenters. The second-order valence-electron chi connectivity index (χ2n) is 4.50. The van der Waals surface area contributed by atoms with Crippen molar-refractivity contribution in [3.8, 4) is 0 Å². The topological polar surface area (TPSA) is 104 Å². The summed E-state index contributed by atoms with van der Waals surface area (Å²) in [5.41, 5.74) is 0. The average Bonchev–Trinajstić information content (AvgIpc) is 3.35. The van der Waals surface area contributed by atoms with Crippen LogP contribution in [0.2, 0.25) is 0 Å². The van der Waals surface area contributed by atoms with Gasteiger partial charge in [-0.3, -0.25) is 0 Å². The molecule has 0 aromatic rings. The first kappa shape index (κ1) is 18.4. The molecule has 0 aromatic carbocycles. The zero-order chi connectivity index (χ0) is 16.7. The Morgan fingerprint density at radius 1 is 0.727 bits per heavy atom. The fourth-order valence-corrected chi connectivity index (χ4v) is 1.58. The predicted octanol–water partition coefficient (Wildman–Crippen LogP) is 0.217. The molecule has 4 unspecified atom stereocenters. The van der Waals surface area contributed by atoms with Gasteiger partial charge < -0.3 is 23.7 Å². The van der Waals surface area contributed by atoms with Crippen LogP contribution >= 0.6 is 0 Å². The minimum atomic E-state index is -0.751. The maximum Gasteiger partial charge on any atom is 0.338 e. The van der Waals surface area contributed by atoms with Gasteiger partial charge in [0.15, 0.2) is 18.3 Å². The van der Waals surface area contributed by atoms with E-state index in [1.807, 2.05) is 6.92 Å². The Morgan fingerprint density at radius 3 is 1.32 bits per heavy atom. The number of carbonyl (C=O) groups excluding carboxylic acids is 3. The van der Waals surface area contributed by atoms with Crippen molar-refractivity contribution in [1.82, 2.24) is 0 Å². The highest BCUT2D eigenvalue weighted by molar-refractivity contribution is 5.89. The van der Waals surface area contributed by atoms with Crippen molar-refractivity contribution in [1.29, 1.82) is 0 Å². The molecule has 2 aliphatic rings. The number of epoxide rings is 2. The van der Waals surface area contributed by atoms with E-state index >= 15 is 0 Å². The molecular weight excluding hydrogens is 296 g/mol. The van der Waals surface area contributed by atoms with E-state index in [-0.39, 0.29) is 31.4 Å². The van der Waals surface area contributed by atoms with Crippen LogP contribution in [0.1, 0.15) is 27.7 Å². The molecule has 0 bridgehead atoms. The molecule has 0 amide bonds. The molecule has 0 spiro atoms. The first-order chi connectivity index (χ1) is 10.5. The molecule has 2 rings (SSSR count). The number of esters is 3. The van der Waals surface area contributed by atoms with Gasteiger partial charge in [0.1, 0.15) is 0 Å². The Labute approximate surface area is 129 Å². The van der Waals surface area contributed by atoms with Crippen LogP contribution in [0.3, 0.4) is 0 Å². The number of hydrogen-bond donors (Lipinski definition) is 0. The zero-order valence-corrected chi connectivity index (χ0v) is 13.2. The van der Waals surface area contributed by atoms with E-state index in [1.165, 1.54) is 0 Å². The standard InChI is InChI=1S/C8H12O5.C6H10O3/c1-3-11-7(9)5-6(13-5)8(10)12-4-2;1-3-8-6(7)5-4(2)9-5/h5-6H,3-4H2,1-2H3;4-5H,3H2,1-2H3. The number of ether oxygens (including phenoxy) is 5. The van der Waals surface area contributed by atoms with E-state index in [1.54, 1.807) is 20.8 Å². The van der Waals surface area contributed by atoms with Gasteiger partial charge >= 0.3 is 17.9 Å². The minimum absolute atomic E-state index is 0.0732. The lowest BCUT2D eigenvalue weighted by Gasteiger charge is -1.97. The van der Waals surface area contributed by atoms with Crippen LogP contribution in [0.4, 0.5) is 0 Å². The van der Waals surface area contributed by atoms with Crippen LogP contribution in [-0.4, -0.2) is 62.1 Å². The van der Waals surface area contributed by atoms with E-state index in [4.69, 9.17) is 9.47 Å². The Hall–Kier alpha value is -1.67. The third-order valence-electron chi connectivity index (χ3n) is 2.76. The third-order valence-corrected chi connectivity index (χ3v) is 2.76. The minimum Gasteiger partial charge on any atom is -0.464 e. The van der Waals surface area contributed by atoms with Gasteiger partial charge in [-0.1, -0.05) is 0 Å². The summed E-state index contributed by atoms with van der Waals surface area (Å²) in [7, 11) is 0. The summed E-state index contributed by atoms with van der Waals surface area (Å²) in [6.45, 7) is 8.03. The summed E-state index contributed by atoms with van der Waals surface area (Å²) >= 11 is 0. The highest BCUT2D eigenvalue weighted by Gasteiger charge is 2.52. The molecule has 0 radical (unpaired) electrons. The van der Waals surface area contributed by atoms with Gasteiger partial charge in [0.25, 0.3) is 0 Å². The summed E-state index contributed by atoms with van der Waals surface area (Å²) in [4.78, 5) is 32.6. The van der Waals surface area contributed by atoms with Gasteiger partial charge in [0, 0.05) is 0 Å². The fourth-order valence-electron chi connectivity index (χ4n) is 1.58. The molecule has 22 heavy (non-hydrogen) atoms. The quantitative estimate of drug-likeness (QED) is 0.389. The second-order valence-corrected chi connectivity index (χ2v) is 4.50. The lowest BCUT2D eigenvalue weighted by molar-refractivity contribution is -0.147. The third kappa shape index (κ3) is 5.61. The van der Waals surface area contributed by atoms with Crippen LogP contribution in [0, 0.1) is 0 Å². The summed E-state index contributed by atoms with van der Waals surface area (Å²) in [5.74, 6) is -1.23. The Kier molecular flexibility index (Phi) is 7.26.